The Morgan fingerprint density at radius 2 is 0.621 bits per heavy atom. The van der Waals surface area contributed by atoms with Crippen molar-refractivity contribution in [2.45, 2.75) is 16.5 Å². The zero-order chi connectivity index (χ0) is 74.3. The van der Waals surface area contributed by atoms with Crippen molar-refractivity contribution in [3.05, 3.63) is 267 Å². The summed E-state index contributed by atoms with van der Waals surface area (Å²) in [6, 6.07) is 49.3. The number of ether oxygens (including phenoxy) is 2. The van der Waals surface area contributed by atoms with Gasteiger partial charge in [-0.2, -0.15) is 64.8 Å². The van der Waals surface area contributed by atoms with E-state index >= 15 is 0 Å². The molecule has 3 heterocycles. The van der Waals surface area contributed by atoms with Gasteiger partial charge in [-0.1, -0.05) is 96.2 Å². The number of hydrogen-bond donors (Lipinski definition) is 0. The maximum absolute atomic E-state index is 13.3. The molecular formula is C70H35F10N3O17S3. The van der Waals surface area contributed by atoms with Crippen LogP contribution in [-0.4, -0.2) is 99.5 Å². The van der Waals surface area contributed by atoms with E-state index in [9.17, 15) is 97.9 Å². The summed E-state index contributed by atoms with van der Waals surface area (Å²) in [6.07, 6.45) is 0. The highest BCUT2D eigenvalue weighted by atomic mass is 32.2. The lowest BCUT2D eigenvalue weighted by Crippen LogP contribution is -2.44. The molecule has 3 aliphatic rings. The average molecular weight is 1480 g/mol. The third-order valence-electron chi connectivity index (χ3n) is 14.8. The van der Waals surface area contributed by atoms with Crippen molar-refractivity contribution in [1.82, 2.24) is 15.2 Å². The first-order chi connectivity index (χ1) is 48.6. The Morgan fingerprint density at radius 1 is 0.320 bits per heavy atom. The second-order valence-corrected chi connectivity index (χ2v) is 25.8. The van der Waals surface area contributed by atoms with Crippen LogP contribution in [-0.2, 0) is 43.2 Å². The number of methoxy groups -OCH3 is 1. The lowest BCUT2D eigenvalue weighted by atomic mass is 9.92. The number of carbonyl (C=O) groups is 6. The van der Waals surface area contributed by atoms with Crippen molar-refractivity contribution in [2.24, 2.45) is 0 Å². The number of amides is 6. The standard InChI is InChI=1S/C27H14F3NO6S.C22H12F3NO6S.C21H9F4NO5S/c28-27(29,30)38(34,35)37-31-25(32)22-8-4-7-21-18(13-16-23(24(21)22)26(31)33)12-9-17-10-14-20(15-11-17)36-19-5-2-1-3-6-19;1-31-15-10-6-13(7-11-15)5-8-14-9-12-18-19-16(14)3-2-4-17(19)20(27)26(21(18)28)32-33(29,30)22(23,24)25;22-14-4-1-3-12(11-14)7-8-13-9-10-17-18-15(13)5-2-6-16(18)19(27)26(20(17)28)31-32(29,30)21(23,24)25/h1-8,10-11,13-16H;2-4,6-7,9-12H,1H3;1-6,9-11H. The van der Waals surface area contributed by atoms with E-state index in [4.69, 9.17) is 9.47 Å². The Bertz CT molecular complexity index is 5760. The molecule has 13 rings (SSSR count). The van der Waals surface area contributed by atoms with Gasteiger partial charge in [0.2, 0.25) is 0 Å². The monoisotopic (exact) mass is 1480 g/mol. The summed E-state index contributed by atoms with van der Waals surface area (Å²) in [5.41, 5.74) is -15.9. The summed E-state index contributed by atoms with van der Waals surface area (Å²) in [6.45, 7) is 0. The predicted molar refractivity (Wildman–Crippen MR) is 342 cm³/mol. The minimum absolute atomic E-state index is 0.0813. The third kappa shape index (κ3) is 14.6. The first-order valence-corrected chi connectivity index (χ1v) is 33.0. The van der Waals surface area contributed by atoms with E-state index in [1.165, 1.54) is 104 Å². The van der Waals surface area contributed by atoms with Crippen LogP contribution in [0, 0.1) is 41.3 Å². The van der Waals surface area contributed by atoms with Crippen LogP contribution in [0.3, 0.4) is 0 Å². The van der Waals surface area contributed by atoms with E-state index in [-0.39, 0.29) is 49.5 Å². The van der Waals surface area contributed by atoms with E-state index < -0.39 is 103 Å². The van der Waals surface area contributed by atoms with Gasteiger partial charge in [-0.15, -0.1) is 28.0 Å². The molecule has 0 bridgehead atoms. The maximum Gasteiger partial charge on any atom is 0.525 e. The first kappa shape index (κ1) is 72.0. The minimum atomic E-state index is -6.25. The Balaban J connectivity index is 0.000000156. The smallest absolute Gasteiger partial charge is 0.497 e. The minimum Gasteiger partial charge on any atom is -0.497 e. The second kappa shape index (κ2) is 27.7. The number of benzene rings is 10. The van der Waals surface area contributed by atoms with Crippen molar-refractivity contribution >= 4 is 98.1 Å². The van der Waals surface area contributed by atoms with Crippen molar-refractivity contribution in [3.63, 3.8) is 0 Å². The molecule has 20 nitrogen and oxygen atoms in total. The van der Waals surface area contributed by atoms with Gasteiger partial charge in [0.05, 0.1) is 40.5 Å². The maximum atomic E-state index is 13.3. The summed E-state index contributed by atoms with van der Waals surface area (Å²) >= 11 is 0. The predicted octanol–water partition coefficient (Wildman–Crippen LogP) is 12.8. The fourth-order valence-electron chi connectivity index (χ4n) is 10.1. The molecule has 0 aliphatic carbocycles. The van der Waals surface area contributed by atoms with Crippen LogP contribution in [0.1, 0.15) is 95.5 Å². The molecule has 103 heavy (non-hydrogen) atoms. The lowest BCUT2D eigenvalue weighted by molar-refractivity contribution is -0.0768. The number of para-hydroxylation sites is 1. The Morgan fingerprint density at radius 3 is 0.942 bits per heavy atom. The molecule has 0 atom stereocenters. The summed E-state index contributed by atoms with van der Waals surface area (Å²) in [5, 5.41) is 0.221. The van der Waals surface area contributed by atoms with Gasteiger partial charge in [0.25, 0.3) is 35.4 Å². The van der Waals surface area contributed by atoms with E-state index in [0.29, 0.717) is 66.8 Å². The molecule has 0 fully saturated rings. The Kier molecular flexibility index (Phi) is 19.3. The quantitative estimate of drug-likeness (QED) is 0.0563. The molecule has 0 spiro atoms. The van der Waals surface area contributed by atoms with Crippen LogP contribution >= 0.6 is 0 Å². The lowest BCUT2D eigenvalue weighted by Gasteiger charge is -2.25. The zero-order valence-corrected chi connectivity index (χ0v) is 53.7. The Hall–Kier alpha value is -12.3. The molecule has 10 aromatic rings. The second-order valence-electron chi connectivity index (χ2n) is 21.2. The summed E-state index contributed by atoms with van der Waals surface area (Å²) in [4.78, 5) is 76.1. The van der Waals surface area contributed by atoms with E-state index in [1.54, 1.807) is 66.7 Å². The van der Waals surface area contributed by atoms with Crippen LogP contribution < -0.4 is 9.47 Å². The van der Waals surface area contributed by atoms with Crippen molar-refractivity contribution < 1.29 is 120 Å². The van der Waals surface area contributed by atoms with Crippen LogP contribution in [0.4, 0.5) is 43.9 Å². The molecule has 0 radical (unpaired) electrons. The highest BCUT2D eigenvalue weighted by molar-refractivity contribution is 7.88. The molecule has 33 heteroatoms. The summed E-state index contributed by atoms with van der Waals surface area (Å²) < 4.78 is 218. The highest BCUT2D eigenvalue weighted by Crippen LogP contribution is 2.39. The summed E-state index contributed by atoms with van der Waals surface area (Å²) in [5.74, 6) is 10.7. The number of halogens is 10. The molecule has 0 saturated heterocycles. The first-order valence-electron chi connectivity index (χ1n) is 28.7. The number of hydroxylamine groups is 6. The van der Waals surface area contributed by atoms with Gasteiger partial charge in [0, 0.05) is 49.5 Å². The van der Waals surface area contributed by atoms with Crippen LogP contribution in [0.2, 0.25) is 0 Å². The number of rotatable bonds is 9. The Labute approximate surface area is 573 Å². The number of alkyl halides is 9. The SMILES string of the molecule is COc1ccc(C#Cc2ccc3c4c(cccc24)C(=O)N(OS(=O)(=O)C(F)(F)F)C3=O)cc1.O=C1c2cccc3c(C#Cc4ccc(Oc5ccccc5)cc4)ccc(c23)C(=O)N1OS(=O)(=O)C(F)(F)F.O=C1c2cccc3c(C#Cc4cccc(F)c4)ccc(c23)C(=O)N1OS(=O)(=O)C(F)(F)F. The number of hydrogen-bond acceptors (Lipinski definition) is 17. The topological polar surface area (TPSA) is 261 Å². The highest BCUT2D eigenvalue weighted by Gasteiger charge is 2.54. The number of imide groups is 3. The molecule has 0 N–H and O–H groups in total. The molecule has 520 valence electrons. The number of nitrogens with zero attached hydrogens (tertiary/aromatic N) is 3. The third-order valence-corrected chi connectivity index (χ3v) is 17.5. The van der Waals surface area contributed by atoms with Crippen molar-refractivity contribution in [1.29, 1.82) is 0 Å². The van der Waals surface area contributed by atoms with E-state index in [1.807, 2.05) is 30.3 Å². The average Bonchev–Trinajstić information content (AvgIpc) is 0.748. The summed E-state index contributed by atoms with van der Waals surface area (Å²) in [7, 11) is -17.2. The normalized spacial score (nSPS) is 13.6. The molecule has 0 unspecified atom stereocenters. The molecule has 0 aromatic heterocycles. The van der Waals surface area contributed by atoms with Gasteiger partial charge >= 0.3 is 46.9 Å². The van der Waals surface area contributed by atoms with Gasteiger partial charge in [-0.05, 0) is 150 Å². The van der Waals surface area contributed by atoms with Gasteiger partial charge in [0.1, 0.15) is 23.1 Å². The molecule has 3 aliphatic heterocycles. The molecule has 6 amide bonds. The van der Waals surface area contributed by atoms with E-state index in [0.717, 1.165) is 0 Å². The fourth-order valence-corrected chi connectivity index (χ4v) is 11.3. The van der Waals surface area contributed by atoms with E-state index in [2.05, 4.69) is 48.4 Å². The van der Waals surface area contributed by atoms with Crippen molar-refractivity contribution in [2.75, 3.05) is 7.11 Å². The van der Waals surface area contributed by atoms with Gasteiger partial charge in [-0.25, -0.2) is 4.39 Å². The fraction of sp³-hybridized carbons (Fsp3) is 0.0571. The van der Waals surface area contributed by atoms with Crippen LogP contribution in [0.5, 0.6) is 17.2 Å². The zero-order valence-electron chi connectivity index (χ0n) is 51.3. The van der Waals surface area contributed by atoms with Crippen molar-refractivity contribution in [3.8, 4) is 52.8 Å². The van der Waals surface area contributed by atoms with Gasteiger partial charge in [0.15, 0.2) is 0 Å². The molecular weight excluding hydrogens is 1440 g/mol. The van der Waals surface area contributed by atoms with Crippen LogP contribution in [0.25, 0.3) is 32.3 Å². The molecule has 0 saturated carbocycles. The van der Waals surface area contributed by atoms with Gasteiger partial charge in [-0.3, -0.25) is 28.8 Å². The largest absolute Gasteiger partial charge is 0.525 e. The van der Waals surface area contributed by atoms with Crippen LogP contribution in [0.15, 0.2) is 194 Å². The number of carbonyl (C=O) groups excluding carboxylic acids is 6. The molecule has 10 aromatic carbocycles. The van der Waals surface area contributed by atoms with Gasteiger partial charge < -0.3 is 9.47 Å².